The second-order valence-electron chi connectivity index (χ2n) is 6.72. The molecule has 5 N–H and O–H groups in total. The number of carbonyl (C=O) groups is 4. The number of pyridine rings is 1. The van der Waals surface area contributed by atoms with E-state index in [0.717, 1.165) is 17.7 Å². The molecular formula is C25H27N3O10. The SMILES string of the molecule is CCc1ccc(C#N)c(Oc2cccc(CNC)c2OC)n1.O=C(O)/C=C/C(=O)O.O=C(O)/C=C/C(=O)O. The largest absolute Gasteiger partial charge is 0.492 e. The third-order valence-corrected chi connectivity index (χ3v) is 3.98. The maximum absolute atomic E-state index is 9.55. The van der Waals surface area contributed by atoms with Gasteiger partial charge in [0.1, 0.15) is 11.6 Å². The topological polar surface area (TPSA) is 216 Å². The van der Waals surface area contributed by atoms with Crippen molar-refractivity contribution in [1.29, 1.82) is 5.26 Å². The van der Waals surface area contributed by atoms with Crippen LogP contribution in [-0.2, 0) is 32.1 Å². The van der Waals surface area contributed by atoms with Crippen LogP contribution in [0.1, 0.15) is 23.7 Å². The van der Waals surface area contributed by atoms with Gasteiger partial charge in [-0.15, -0.1) is 0 Å². The van der Waals surface area contributed by atoms with Gasteiger partial charge in [0.05, 0.1) is 7.11 Å². The van der Waals surface area contributed by atoms with E-state index in [9.17, 15) is 24.4 Å². The maximum atomic E-state index is 9.55. The highest BCUT2D eigenvalue weighted by molar-refractivity contribution is 5.90. The zero-order valence-corrected chi connectivity index (χ0v) is 20.7. The Kier molecular flexibility index (Phi) is 15.6. The first-order valence-corrected chi connectivity index (χ1v) is 10.6. The van der Waals surface area contributed by atoms with Crippen molar-refractivity contribution in [2.75, 3.05) is 14.2 Å². The van der Waals surface area contributed by atoms with Crippen molar-refractivity contribution < 1.29 is 49.1 Å². The van der Waals surface area contributed by atoms with Gasteiger partial charge in [0.15, 0.2) is 11.5 Å². The minimum atomic E-state index is -1.26. The summed E-state index contributed by atoms with van der Waals surface area (Å²) in [5.74, 6) is -3.53. The molecule has 0 amide bonds. The summed E-state index contributed by atoms with van der Waals surface area (Å²) < 4.78 is 11.3. The van der Waals surface area contributed by atoms with Crippen LogP contribution >= 0.6 is 0 Å². The number of para-hydroxylation sites is 1. The normalized spacial score (nSPS) is 9.84. The first-order valence-electron chi connectivity index (χ1n) is 10.6. The molecule has 13 nitrogen and oxygen atoms in total. The molecule has 0 aliphatic carbocycles. The summed E-state index contributed by atoms with van der Waals surface area (Å²) >= 11 is 0. The van der Waals surface area contributed by atoms with Crippen molar-refractivity contribution in [3.63, 3.8) is 0 Å². The van der Waals surface area contributed by atoms with E-state index in [0.29, 0.717) is 53.8 Å². The Balaban J connectivity index is 0.000000705. The average Bonchev–Trinajstić information content (AvgIpc) is 2.87. The highest BCUT2D eigenvalue weighted by Gasteiger charge is 2.14. The lowest BCUT2D eigenvalue weighted by Gasteiger charge is -2.14. The summed E-state index contributed by atoms with van der Waals surface area (Å²) in [4.78, 5) is 42.6. The van der Waals surface area contributed by atoms with E-state index in [2.05, 4.69) is 16.4 Å². The van der Waals surface area contributed by atoms with Crippen LogP contribution in [0.4, 0.5) is 0 Å². The molecule has 0 atom stereocenters. The van der Waals surface area contributed by atoms with Crippen LogP contribution in [0.2, 0.25) is 0 Å². The van der Waals surface area contributed by atoms with Gasteiger partial charge in [-0.25, -0.2) is 24.2 Å². The standard InChI is InChI=1S/C17H19N3O2.2C4H4O4/c1-4-14-9-8-12(10-18)17(20-14)22-15-7-5-6-13(11-19-2)16(15)21-3;2*5-3(6)1-2-4(7)8/h5-9,19H,4,11H2,1-3H3;2*1-2H,(H,5,6)(H,7,8)/b;2*2-1+. The van der Waals surface area contributed by atoms with Gasteiger partial charge in [0.2, 0.25) is 5.88 Å². The van der Waals surface area contributed by atoms with Gasteiger partial charge in [-0.05, 0) is 31.7 Å². The maximum Gasteiger partial charge on any atom is 0.328 e. The zero-order valence-electron chi connectivity index (χ0n) is 20.7. The van der Waals surface area contributed by atoms with Gasteiger partial charge >= 0.3 is 23.9 Å². The number of nitrogens with one attached hydrogen (secondary N) is 1. The molecule has 0 unspecified atom stereocenters. The smallest absolute Gasteiger partial charge is 0.328 e. The van der Waals surface area contributed by atoms with Gasteiger partial charge in [-0.3, -0.25) is 0 Å². The molecule has 2 rings (SSSR count). The highest BCUT2D eigenvalue weighted by atomic mass is 16.5. The monoisotopic (exact) mass is 529 g/mol. The number of nitrogens with zero attached hydrogens (tertiary/aromatic N) is 2. The number of aryl methyl sites for hydroxylation is 1. The molecule has 38 heavy (non-hydrogen) atoms. The summed E-state index contributed by atoms with van der Waals surface area (Å²) in [6.45, 7) is 2.67. The van der Waals surface area contributed by atoms with Gasteiger partial charge in [-0.2, -0.15) is 5.26 Å². The third-order valence-electron chi connectivity index (χ3n) is 3.98. The lowest BCUT2D eigenvalue weighted by Crippen LogP contribution is -2.07. The van der Waals surface area contributed by atoms with E-state index in [4.69, 9.17) is 29.9 Å². The number of aromatic nitrogens is 1. The van der Waals surface area contributed by atoms with Crippen LogP contribution in [0, 0.1) is 11.3 Å². The second-order valence-corrected chi connectivity index (χ2v) is 6.72. The van der Waals surface area contributed by atoms with E-state index >= 15 is 0 Å². The Bertz CT molecular complexity index is 1150. The number of nitriles is 1. The van der Waals surface area contributed by atoms with Crippen molar-refractivity contribution in [2.45, 2.75) is 19.9 Å². The third kappa shape index (κ3) is 13.6. The molecule has 0 spiro atoms. The molecule has 0 saturated carbocycles. The fraction of sp³-hybridized carbons (Fsp3) is 0.200. The van der Waals surface area contributed by atoms with E-state index in [-0.39, 0.29) is 0 Å². The summed E-state index contributed by atoms with van der Waals surface area (Å²) in [7, 11) is 3.47. The quantitative estimate of drug-likeness (QED) is 0.280. The van der Waals surface area contributed by atoms with Gasteiger partial charge < -0.3 is 35.2 Å². The number of benzene rings is 1. The Morgan fingerprint density at radius 2 is 1.47 bits per heavy atom. The number of rotatable bonds is 10. The highest BCUT2D eigenvalue weighted by Crippen LogP contribution is 2.35. The van der Waals surface area contributed by atoms with Crippen molar-refractivity contribution in [2.24, 2.45) is 0 Å². The van der Waals surface area contributed by atoms with Crippen molar-refractivity contribution in [3.8, 4) is 23.4 Å². The lowest BCUT2D eigenvalue weighted by atomic mass is 10.2. The molecule has 1 heterocycles. The molecule has 0 fully saturated rings. The first kappa shape index (κ1) is 32.8. The number of methoxy groups -OCH3 is 1. The number of carboxylic acids is 4. The van der Waals surface area contributed by atoms with Crippen molar-refractivity contribution in [1.82, 2.24) is 10.3 Å². The average molecular weight is 530 g/mol. The van der Waals surface area contributed by atoms with Gasteiger partial charge in [0.25, 0.3) is 0 Å². The molecule has 202 valence electrons. The molecule has 0 radical (unpaired) electrons. The Morgan fingerprint density at radius 1 is 0.947 bits per heavy atom. The van der Waals surface area contributed by atoms with Crippen LogP contribution in [0.5, 0.6) is 17.4 Å². The molecular weight excluding hydrogens is 502 g/mol. The molecule has 0 aliphatic rings. The number of aliphatic carboxylic acids is 4. The minimum Gasteiger partial charge on any atom is -0.492 e. The van der Waals surface area contributed by atoms with E-state index < -0.39 is 23.9 Å². The van der Waals surface area contributed by atoms with Crippen LogP contribution < -0.4 is 14.8 Å². The first-order chi connectivity index (χ1) is 18.0. The fourth-order valence-corrected chi connectivity index (χ4v) is 2.43. The Morgan fingerprint density at radius 3 is 1.87 bits per heavy atom. The predicted octanol–water partition coefficient (Wildman–Crippen LogP) is 2.46. The molecule has 0 saturated heterocycles. The molecule has 2 aromatic rings. The summed E-state index contributed by atoms with van der Waals surface area (Å²) in [5, 5.41) is 43.6. The molecule has 0 bridgehead atoms. The Labute approximate surface area is 217 Å². The van der Waals surface area contributed by atoms with E-state index in [1.54, 1.807) is 19.2 Å². The molecule has 1 aromatic heterocycles. The van der Waals surface area contributed by atoms with Crippen molar-refractivity contribution >= 4 is 23.9 Å². The number of carboxylic acid groups (broad SMARTS) is 4. The molecule has 13 heteroatoms. The summed E-state index contributed by atoms with van der Waals surface area (Å²) in [6, 6.07) is 11.3. The van der Waals surface area contributed by atoms with Crippen LogP contribution in [0.25, 0.3) is 0 Å². The second kappa shape index (κ2) is 18.1. The lowest BCUT2D eigenvalue weighted by molar-refractivity contribution is -0.134. The zero-order chi connectivity index (χ0) is 29.1. The van der Waals surface area contributed by atoms with Crippen LogP contribution in [0.15, 0.2) is 54.6 Å². The van der Waals surface area contributed by atoms with E-state index in [1.807, 2.05) is 32.2 Å². The molecule has 0 aliphatic heterocycles. The van der Waals surface area contributed by atoms with Crippen molar-refractivity contribution in [3.05, 3.63) is 71.5 Å². The Hall–Kier alpha value is -5.22. The minimum absolute atomic E-state index is 0.307. The predicted molar refractivity (Wildman–Crippen MR) is 133 cm³/mol. The fourth-order valence-electron chi connectivity index (χ4n) is 2.43. The number of hydrogen-bond acceptors (Lipinski definition) is 9. The van der Waals surface area contributed by atoms with Crippen LogP contribution in [-0.4, -0.2) is 63.4 Å². The van der Waals surface area contributed by atoms with Gasteiger partial charge in [0, 0.05) is 42.1 Å². The number of ether oxygens (including phenoxy) is 2. The number of hydrogen-bond donors (Lipinski definition) is 5. The summed E-state index contributed by atoms with van der Waals surface area (Å²) in [5.41, 5.74) is 2.25. The molecule has 1 aromatic carbocycles. The van der Waals surface area contributed by atoms with E-state index in [1.165, 1.54) is 0 Å². The van der Waals surface area contributed by atoms with Crippen LogP contribution in [0.3, 0.4) is 0 Å². The van der Waals surface area contributed by atoms with Gasteiger partial charge in [-0.1, -0.05) is 19.1 Å². The summed E-state index contributed by atoms with van der Waals surface area (Å²) in [6.07, 6.45) is 3.01.